The Morgan fingerprint density at radius 3 is 2.67 bits per heavy atom. The molecule has 1 aliphatic carbocycles. The number of hydrogen-bond donors (Lipinski definition) is 0. The van der Waals surface area contributed by atoms with Crippen LogP contribution < -0.4 is 0 Å². The van der Waals surface area contributed by atoms with Crippen LogP contribution in [0.25, 0.3) is 11.5 Å². The van der Waals surface area contributed by atoms with E-state index < -0.39 is 0 Å². The Bertz CT molecular complexity index is 544. The van der Waals surface area contributed by atoms with Gasteiger partial charge in [-0.1, -0.05) is 40.4 Å². The maximum absolute atomic E-state index is 6.01. The van der Waals surface area contributed by atoms with Crippen molar-refractivity contribution in [1.82, 2.24) is 10.2 Å². The van der Waals surface area contributed by atoms with Crippen molar-refractivity contribution < 1.29 is 4.42 Å². The molecule has 1 fully saturated rings. The molecule has 1 aliphatic rings. The van der Waals surface area contributed by atoms with E-state index in [1.165, 1.54) is 12.8 Å². The van der Waals surface area contributed by atoms with Gasteiger partial charge in [0.1, 0.15) is 0 Å². The molecule has 2 aromatic rings. The summed E-state index contributed by atoms with van der Waals surface area (Å²) in [4.78, 5) is 0. The molecule has 1 aromatic heterocycles. The number of rotatable bonds is 2. The van der Waals surface area contributed by atoms with Crippen LogP contribution in [0.4, 0.5) is 0 Å². The molecule has 0 spiro atoms. The van der Waals surface area contributed by atoms with Crippen LogP contribution in [0.2, 0.25) is 5.02 Å². The normalized spacial score (nSPS) is 16.3. The van der Waals surface area contributed by atoms with Crippen molar-refractivity contribution in [2.45, 2.75) is 31.6 Å². The second kappa shape index (κ2) is 5.02. The van der Waals surface area contributed by atoms with Crippen LogP contribution in [0.5, 0.6) is 0 Å². The van der Waals surface area contributed by atoms with Gasteiger partial charge in [0.05, 0.1) is 0 Å². The Morgan fingerprint density at radius 2 is 1.94 bits per heavy atom. The number of nitrogens with zero attached hydrogens (tertiary/aromatic N) is 2. The molecule has 0 amide bonds. The average molecular weight is 328 g/mol. The Morgan fingerprint density at radius 1 is 1.17 bits per heavy atom. The minimum Gasteiger partial charge on any atom is -0.420 e. The molecule has 94 valence electrons. The Balaban J connectivity index is 1.92. The van der Waals surface area contributed by atoms with Gasteiger partial charge >= 0.3 is 0 Å². The molecule has 1 heterocycles. The summed E-state index contributed by atoms with van der Waals surface area (Å²) in [6.07, 6.45) is 4.82. The number of hydrogen-bond acceptors (Lipinski definition) is 3. The summed E-state index contributed by atoms with van der Waals surface area (Å²) in [5.41, 5.74) is 0.853. The fraction of sp³-hybridized carbons (Fsp3) is 0.385. The van der Waals surface area contributed by atoms with Crippen LogP contribution in [0.1, 0.15) is 37.5 Å². The van der Waals surface area contributed by atoms with E-state index in [-0.39, 0.29) is 0 Å². The summed E-state index contributed by atoms with van der Waals surface area (Å²) in [5, 5.41) is 8.93. The van der Waals surface area contributed by atoms with Crippen LogP contribution in [-0.2, 0) is 0 Å². The van der Waals surface area contributed by atoms with E-state index in [0.29, 0.717) is 16.8 Å². The van der Waals surface area contributed by atoms with Crippen molar-refractivity contribution >= 4 is 27.5 Å². The van der Waals surface area contributed by atoms with Crippen LogP contribution in [0, 0.1) is 0 Å². The molecule has 0 N–H and O–H groups in total. The van der Waals surface area contributed by atoms with Gasteiger partial charge in [-0.2, -0.15) is 0 Å². The zero-order chi connectivity index (χ0) is 12.5. The largest absolute Gasteiger partial charge is 0.420 e. The molecule has 5 heteroatoms. The molecule has 3 nitrogen and oxygen atoms in total. The lowest BCUT2D eigenvalue weighted by molar-refractivity contribution is 0.457. The highest BCUT2D eigenvalue weighted by atomic mass is 79.9. The van der Waals surface area contributed by atoms with Gasteiger partial charge in [-0.05, 0) is 31.0 Å². The maximum Gasteiger partial charge on any atom is 0.247 e. The molecule has 0 bridgehead atoms. The van der Waals surface area contributed by atoms with Gasteiger partial charge in [-0.3, -0.25) is 0 Å². The van der Waals surface area contributed by atoms with Crippen molar-refractivity contribution in [1.29, 1.82) is 0 Å². The third kappa shape index (κ3) is 2.45. The third-order valence-corrected chi connectivity index (χ3v) is 3.93. The predicted octanol–water partition coefficient (Wildman–Crippen LogP) is 4.81. The quantitative estimate of drug-likeness (QED) is 0.794. The molecule has 3 rings (SSSR count). The molecule has 0 radical (unpaired) electrons. The summed E-state index contributed by atoms with van der Waals surface area (Å²) in [6, 6.07) is 5.59. The summed E-state index contributed by atoms with van der Waals surface area (Å²) in [7, 11) is 0. The van der Waals surface area contributed by atoms with Crippen molar-refractivity contribution in [3.05, 3.63) is 33.6 Å². The molecular weight excluding hydrogens is 316 g/mol. The van der Waals surface area contributed by atoms with Crippen molar-refractivity contribution in [3.8, 4) is 11.5 Å². The fourth-order valence-corrected chi connectivity index (χ4v) is 3.23. The Kier molecular flexibility index (Phi) is 3.39. The van der Waals surface area contributed by atoms with Crippen molar-refractivity contribution in [2.75, 3.05) is 0 Å². The highest BCUT2D eigenvalue weighted by Gasteiger charge is 2.23. The standard InChI is InChI=1S/C13H12BrClN2O/c14-10-5-9(6-11(15)7-10)13-17-16-12(18-13)8-3-1-2-4-8/h5-8H,1-4H2. The lowest BCUT2D eigenvalue weighted by Gasteiger charge is -2.01. The van der Waals surface area contributed by atoms with Crippen LogP contribution >= 0.6 is 27.5 Å². The topological polar surface area (TPSA) is 38.9 Å². The molecule has 1 aromatic carbocycles. The van der Waals surface area contributed by atoms with Gasteiger partial charge in [-0.15, -0.1) is 10.2 Å². The average Bonchev–Trinajstić information content (AvgIpc) is 2.99. The number of benzene rings is 1. The zero-order valence-electron chi connectivity index (χ0n) is 9.70. The predicted molar refractivity (Wildman–Crippen MR) is 73.7 cm³/mol. The summed E-state index contributed by atoms with van der Waals surface area (Å²) in [6.45, 7) is 0. The second-order valence-corrected chi connectivity index (χ2v) is 5.94. The Hall–Kier alpha value is -0.870. The first-order valence-corrected chi connectivity index (χ1v) is 7.19. The molecular formula is C13H12BrClN2O. The minimum absolute atomic E-state index is 0.439. The van der Waals surface area contributed by atoms with Gasteiger partial charge in [-0.25, -0.2) is 0 Å². The van der Waals surface area contributed by atoms with Gasteiger partial charge < -0.3 is 4.42 Å². The maximum atomic E-state index is 6.01. The first kappa shape index (κ1) is 12.2. The van der Waals surface area contributed by atoms with Crippen LogP contribution in [-0.4, -0.2) is 10.2 Å². The second-order valence-electron chi connectivity index (χ2n) is 4.58. The zero-order valence-corrected chi connectivity index (χ0v) is 12.0. The van der Waals surface area contributed by atoms with Gasteiger partial charge in [0.25, 0.3) is 0 Å². The van der Waals surface area contributed by atoms with E-state index >= 15 is 0 Å². The summed E-state index contributed by atoms with van der Waals surface area (Å²) in [5.74, 6) is 1.74. The van der Waals surface area contributed by atoms with E-state index in [1.807, 2.05) is 18.2 Å². The van der Waals surface area contributed by atoms with E-state index in [2.05, 4.69) is 26.1 Å². The number of aromatic nitrogens is 2. The first-order valence-electron chi connectivity index (χ1n) is 6.02. The van der Waals surface area contributed by atoms with E-state index in [0.717, 1.165) is 28.8 Å². The molecule has 0 saturated heterocycles. The SMILES string of the molecule is Clc1cc(Br)cc(-c2nnc(C3CCCC3)o2)c1. The van der Waals surface area contributed by atoms with Crippen LogP contribution in [0.15, 0.2) is 27.1 Å². The minimum atomic E-state index is 0.439. The Labute approximate surface area is 119 Å². The van der Waals surface area contributed by atoms with Crippen LogP contribution in [0.3, 0.4) is 0 Å². The van der Waals surface area contributed by atoms with Crippen molar-refractivity contribution in [2.24, 2.45) is 0 Å². The molecule has 0 aliphatic heterocycles. The highest BCUT2D eigenvalue weighted by Crippen LogP contribution is 2.35. The van der Waals surface area contributed by atoms with Gasteiger partial charge in [0.15, 0.2) is 0 Å². The molecule has 0 unspecified atom stereocenters. The monoisotopic (exact) mass is 326 g/mol. The summed E-state index contributed by atoms with van der Waals surface area (Å²) >= 11 is 9.42. The highest BCUT2D eigenvalue weighted by molar-refractivity contribution is 9.10. The van der Waals surface area contributed by atoms with Gasteiger partial charge in [0.2, 0.25) is 11.8 Å². The molecule has 18 heavy (non-hydrogen) atoms. The third-order valence-electron chi connectivity index (χ3n) is 3.25. The lowest BCUT2D eigenvalue weighted by atomic mass is 10.1. The van der Waals surface area contributed by atoms with E-state index in [9.17, 15) is 0 Å². The smallest absolute Gasteiger partial charge is 0.247 e. The van der Waals surface area contributed by atoms with E-state index in [4.69, 9.17) is 16.0 Å². The number of halogens is 2. The summed E-state index contributed by atoms with van der Waals surface area (Å²) < 4.78 is 6.67. The van der Waals surface area contributed by atoms with E-state index in [1.54, 1.807) is 0 Å². The molecule has 0 atom stereocenters. The lowest BCUT2D eigenvalue weighted by Crippen LogP contribution is -1.91. The van der Waals surface area contributed by atoms with Gasteiger partial charge in [0, 0.05) is 21.0 Å². The first-order chi connectivity index (χ1) is 8.72. The fourth-order valence-electron chi connectivity index (χ4n) is 2.37. The van der Waals surface area contributed by atoms with Crippen molar-refractivity contribution in [3.63, 3.8) is 0 Å². The molecule has 1 saturated carbocycles.